The molecule has 0 saturated heterocycles. The maximum Gasteiger partial charge on any atom is 0.146 e. The summed E-state index contributed by atoms with van der Waals surface area (Å²) >= 11 is 0. The van der Waals surface area contributed by atoms with Gasteiger partial charge in [0.05, 0.1) is 27.7 Å². The molecule has 2 N–H and O–H groups in total. The van der Waals surface area contributed by atoms with E-state index in [0.29, 0.717) is 0 Å². The van der Waals surface area contributed by atoms with Crippen LogP contribution in [-0.4, -0.2) is 10.4 Å². The van der Waals surface area contributed by atoms with Gasteiger partial charge in [0.25, 0.3) is 0 Å². The number of benzene rings is 6. The van der Waals surface area contributed by atoms with Crippen molar-refractivity contribution in [2.45, 2.75) is 12.3 Å². The summed E-state index contributed by atoms with van der Waals surface area (Å²) in [6.07, 6.45) is -0.341. The van der Waals surface area contributed by atoms with E-state index >= 15 is 0 Å². The van der Waals surface area contributed by atoms with Gasteiger partial charge in [-0.15, -0.1) is 0 Å². The van der Waals surface area contributed by atoms with Crippen molar-refractivity contribution in [2.24, 2.45) is 4.99 Å². The first-order valence-corrected chi connectivity index (χ1v) is 15.0. The first-order chi connectivity index (χ1) is 21.8. The number of hydrogen-bond donors (Lipinski definition) is 2. The van der Waals surface area contributed by atoms with E-state index in [2.05, 4.69) is 149 Å². The summed E-state index contributed by atoms with van der Waals surface area (Å²) in [4.78, 5) is 5.20. The number of furan rings is 1. The molecule has 44 heavy (non-hydrogen) atoms. The summed E-state index contributed by atoms with van der Waals surface area (Å²) in [5, 5.41) is 12.0. The molecule has 1 aliphatic heterocycles. The van der Waals surface area contributed by atoms with E-state index in [1.807, 2.05) is 12.1 Å². The second kappa shape index (κ2) is 9.97. The van der Waals surface area contributed by atoms with Crippen LogP contribution in [0.3, 0.4) is 0 Å². The third-order valence-corrected chi connectivity index (χ3v) is 8.69. The predicted octanol–water partition coefficient (Wildman–Crippen LogP) is 9.02. The number of nitrogens with one attached hydrogen (secondary N) is 2. The zero-order chi connectivity index (χ0) is 29.0. The fourth-order valence-electron chi connectivity index (χ4n) is 6.70. The Morgan fingerprint density at radius 3 is 1.91 bits per heavy atom. The third-order valence-electron chi connectivity index (χ3n) is 8.69. The van der Waals surface area contributed by atoms with Gasteiger partial charge in [-0.3, -0.25) is 5.32 Å². The van der Waals surface area contributed by atoms with E-state index in [4.69, 9.17) is 9.41 Å². The summed E-state index contributed by atoms with van der Waals surface area (Å²) in [6, 6.07) is 50.8. The van der Waals surface area contributed by atoms with E-state index in [-0.39, 0.29) is 12.3 Å². The normalized spacial score (nSPS) is 16.9. The standard InChI is InChI=1S/C39H28N4O/c1-3-13-25(14-4-1)37-40-38(26-15-5-2-6-16-26)42-39(41-37)30-20-11-19-29-35-33(23-12-24-34(35)44-36(29)30)43-31-21-9-7-17-27(31)28-18-8-10-22-32(28)43/h1-24,37-38,40H,(H,41,42). The lowest BCUT2D eigenvalue weighted by atomic mass is 10.0. The van der Waals surface area contributed by atoms with Crippen LogP contribution < -0.4 is 10.6 Å². The molecule has 3 heterocycles. The van der Waals surface area contributed by atoms with Gasteiger partial charge in [0.15, 0.2) is 0 Å². The molecule has 2 aromatic heterocycles. The lowest BCUT2D eigenvalue weighted by Gasteiger charge is -2.32. The summed E-state index contributed by atoms with van der Waals surface area (Å²) in [5.74, 6) is 0.800. The number of amidine groups is 1. The van der Waals surface area contributed by atoms with Gasteiger partial charge >= 0.3 is 0 Å². The Balaban J connectivity index is 1.26. The third kappa shape index (κ3) is 3.87. The summed E-state index contributed by atoms with van der Waals surface area (Å²) < 4.78 is 9.09. The Morgan fingerprint density at radius 2 is 1.18 bits per heavy atom. The minimum Gasteiger partial charge on any atom is -0.455 e. The van der Waals surface area contributed by atoms with Crippen molar-refractivity contribution in [3.63, 3.8) is 0 Å². The average molecular weight is 569 g/mol. The fourth-order valence-corrected chi connectivity index (χ4v) is 6.70. The predicted molar refractivity (Wildman–Crippen MR) is 179 cm³/mol. The number of rotatable bonds is 4. The van der Waals surface area contributed by atoms with Crippen LogP contribution in [-0.2, 0) is 0 Å². The van der Waals surface area contributed by atoms with Crippen LogP contribution in [0, 0.1) is 0 Å². The van der Waals surface area contributed by atoms with Gasteiger partial charge in [-0.1, -0.05) is 115 Å². The topological polar surface area (TPSA) is 54.5 Å². The molecular weight excluding hydrogens is 540 g/mol. The van der Waals surface area contributed by atoms with Crippen molar-refractivity contribution in [3.8, 4) is 5.69 Å². The van der Waals surface area contributed by atoms with Crippen molar-refractivity contribution in [1.29, 1.82) is 0 Å². The highest BCUT2D eigenvalue weighted by Crippen LogP contribution is 2.39. The van der Waals surface area contributed by atoms with E-state index < -0.39 is 0 Å². The lowest BCUT2D eigenvalue weighted by molar-refractivity contribution is 0.409. The molecule has 6 aromatic carbocycles. The Morgan fingerprint density at radius 1 is 0.568 bits per heavy atom. The zero-order valence-corrected chi connectivity index (χ0v) is 23.8. The number of aromatic nitrogens is 1. The molecule has 210 valence electrons. The van der Waals surface area contributed by atoms with Crippen LogP contribution in [0.1, 0.15) is 29.0 Å². The fraction of sp³-hybridized carbons (Fsp3) is 0.0513. The summed E-state index contributed by atoms with van der Waals surface area (Å²) in [6.45, 7) is 0. The smallest absolute Gasteiger partial charge is 0.146 e. The number of nitrogens with zero attached hydrogens (tertiary/aromatic N) is 2. The maximum absolute atomic E-state index is 6.73. The Kier molecular flexibility index (Phi) is 5.64. The van der Waals surface area contributed by atoms with E-state index in [1.165, 1.54) is 21.8 Å². The molecule has 9 rings (SSSR count). The van der Waals surface area contributed by atoms with Gasteiger partial charge < -0.3 is 14.3 Å². The number of hydrogen-bond acceptors (Lipinski definition) is 4. The van der Waals surface area contributed by atoms with Crippen molar-refractivity contribution >= 4 is 49.6 Å². The highest BCUT2D eigenvalue weighted by Gasteiger charge is 2.27. The molecular formula is C39H28N4O. The van der Waals surface area contributed by atoms with Gasteiger partial charge in [0.1, 0.15) is 29.3 Å². The van der Waals surface area contributed by atoms with Crippen LogP contribution in [0.2, 0.25) is 0 Å². The van der Waals surface area contributed by atoms with E-state index in [0.717, 1.165) is 50.2 Å². The van der Waals surface area contributed by atoms with Gasteiger partial charge in [-0.05, 0) is 41.5 Å². The largest absolute Gasteiger partial charge is 0.455 e. The highest BCUT2D eigenvalue weighted by atomic mass is 16.3. The second-order valence-corrected chi connectivity index (χ2v) is 11.2. The van der Waals surface area contributed by atoms with E-state index in [1.54, 1.807) is 0 Å². The van der Waals surface area contributed by atoms with Gasteiger partial charge in [0, 0.05) is 16.2 Å². The molecule has 8 aromatic rings. The number of fused-ring (bicyclic) bond motifs is 6. The van der Waals surface area contributed by atoms with E-state index in [9.17, 15) is 0 Å². The second-order valence-electron chi connectivity index (χ2n) is 11.2. The minimum absolute atomic E-state index is 0.123. The summed E-state index contributed by atoms with van der Waals surface area (Å²) in [5.41, 5.74) is 8.31. The zero-order valence-electron chi connectivity index (χ0n) is 23.8. The quantitative estimate of drug-likeness (QED) is 0.223. The number of para-hydroxylation sites is 3. The molecule has 0 fully saturated rings. The molecule has 2 unspecified atom stereocenters. The molecule has 0 amide bonds. The number of aliphatic imine (C=N–C) groups is 1. The monoisotopic (exact) mass is 568 g/mol. The molecule has 0 aliphatic carbocycles. The highest BCUT2D eigenvalue weighted by molar-refractivity contribution is 6.18. The molecule has 1 aliphatic rings. The van der Waals surface area contributed by atoms with Gasteiger partial charge in [-0.25, -0.2) is 4.99 Å². The van der Waals surface area contributed by atoms with Crippen LogP contribution in [0.25, 0.3) is 49.4 Å². The van der Waals surface area contributed by atoms with Crippen molar-refractivity contribution < 1.29 is 4.42 Å². The van der Waals surface area contributed by atoms with Crippen molar-refractivity contribution in [3.05, 3.63) is 162 Å². The van der Waals surface area contributed by atoms with Crippen LogP contribution in [0.5, 0.6) is 0 Å². The Bertz CT molecular complexity index is 2300. The Labute approximate surface area is 254 Å². The molecule has 5 nitrogen and oxygen atoms in total. The SMILES string of the molecule is c1ccc(C2N=C(c3cccc4c3oc3cccc(-n5c6ccccc6c6ccccc65)c34)NC(c3ccccc3)N2)cc1. The van der Waals surface area contributed by atoms with Gasteiger partial charge in [0.2, 0.25) is 0 Å². The molecule has 2 atom stereocenters. The molecule has 0 saturated carbocycles. The first-order valence-electron chi connectivity index (χ1n) is 15.0. The average Bonchev–Trinajstić information content (AvgIpc) is 3.65. The molecule has 0 spiro atoms. The Hall–Kier alpha value is -5.65. The minimum atomic E-state index is -0.217. The summed E-state index contributed by atoms with van der Waals surface area (Å²) in [7, 11) is 0. The van der Waals surface area contributed by atoms with Crippen LogP contribution >= 0.6 is 0 Å². The van der Waals surface area contributed by atoms with Crippen molar-refractivity contribution in [1.82, 2.24) is 15.2 Å². The molecule has 5 heteroatoms. The maximum atomic E-state index is 6.73. The van der Waals surface area contributed by atoms with Crippen molar-refractivity contribution in [2.75, 3.05) is 0 Å². The molecule has 0 bridgehead atoms. The van der Waals surface area contributed by atoms with Crippen LogP contribution in [0.4, 0.5) is 0 Å². The van der Waals surface area contributed by atoms with Crippen LogP contribution in [0.15, 0.2) is 155 Å². The first kappa shape index (κ1) is 24.9. The lowest BCUT2D eigenvalue weighted by Crippen LogP contribution is -2.45. The van der Waals surface area contributed by atoms with Gasteiger partial charge in [-0.2, -0.15) is 0 Å². The molecule has 0 radical (unpaired) electrons.